The number of nitrogens with zero attached hydrogens (tertiary/aromatic N) is 2. The molecule has 15 heavy (non-hydrogen) atoms. The van der Waals surface area contributed by atoms with Gasteiger partial charge in [0.2, 0.25) is 5.88 Å². The Bertz CT molecular complexity index is 313. The van der Waals surface area contributed by atoms with E-state index in [1.54, 1.807) is 12.4 Å². The van der Waals surface area contributed by atoms with Crippen molar-refractivity contribution in [2.75, 3.05) is 19.8 Å². The lowest BCUT2D eigenvalue weighted by Gasteiger charge is -2.10. The molecule has 1 fully saturated rings. The van der Waals surface area contributed by atoms with E-state index in [1.165, 1.54) is 0 Å². The van der Waals surface area contributed by atoms with Crippen LogP contribution in [0.25, 0.3) is 0 Å². The Hall–Kier alpha value is -1.20. The van der Waals surface area contributed by atoms with Crippen LogP contribution in [0.5, 0.6) is 5.88 Å². The first-order valence-corrected chi connectivity index (χ1v) is 5.10. The second kappa shape index (κ2) is 5.04. The number of hydrogen-bond acceptors (Lipinski definition) is 5. The summed E-state index contributed by atoms with van der Waals surface area (Å²) in [5.74, 6) is 1.02. The molecule has 1 saturated heterocycles. The first kappa shape index (κ1) is 10.3. The maximum Gasteiger partial charge on any atom is 0.236 e. The lowest BCUT2D eigenvalue weighted by molar-refractivity contribution is 0.165. The molecular formula is C10H15N3O2. The molecule has 2 rings (SSSR count). The van der Waals surface area contributed by atoms with Gasteiger partial charge in [0, 0.05) is 31.5 Å². The Balaban J connectivity index is 1.91. The molecule has 1 aliphatic rings. The van der Waals surface area contributed by atoms with Crippen molar-refractivity contribution in [1.82, 2.24) is 9.97 Å². The van der Waals surface area contributed by atoms with Gasteiger partial charge >= 0.3 is 0 Å². The van der Waals surface area contributed by atoms with E-state index < -0.39 is 0 Å². The first-order valence-electron chi connectivity index (χ1n) is 5.10. The van der Waals surface area contributed by atoms with Crippen molar-refractivity contribution < 1.29 is 9.47 Å². The van der Waals surface area contributed by atoms with Crippen molar-refractivity contribution in [3.05, 3.63) is 18.1 Å². The molecule has 0 amide bonds. The van der Waals surface area contributed by atoms with E-state index in [2.05, 4.69) is 9.97 Å². The SMILES string of the molecule is NCc1nccnc1OCC1CCOC1. The van der Waals surface area contributed by atoms with E-state index in [4.69, 9.17) is 15.2 Å². The minimum absolute atomic E-state index is 0.352. The summed E-state index contributed by atoms with van der Waals surface area (Å²) in [7, 11) is 0. The van der Waals surface area contributed by atoms with Crippen LogP contribution in [0.1, 0.15) is 12.1 Å². The highest BCUT2D eigenvalue weighted by molar-refractivity contribution is 5.16. The Morgan fingerprint density at radius 3 is 3.07 bits per heavy atom. The van der Waals surface area contributed by atoms with Crippen molar-refractivity contribution in [2.24, 2.45) is 11.7 Å². The molecule has 0 bridgehead atoms. The summed E-state index contributed by atoms with van der Waals surface area (Å²) in [6, 6.07) is 0. The van der Waals surface area contributed by atoms with Crippen LogP contribution in [0.4, 0.5) is 0 Å². The summed E-state index contributed by atoms with van der Waals surface area (Å²) in [5, 5.41) is 0. The average Bonchev–Trinajstić information content (AvgIpc) is 2.79. The number of nitrogens with two attached hydrogens (primary N) is 1. The van der Waals surface area contributed by atoms with Gasteiger partial charge in [-0.2, -0.15) is 0 Å². The van der Waals surface area contributed by atoms with Gasteiger partial charge in [-0.3, -0.25) is 4.98 Å². The van der Waals surface area contributed by atoms with E-state index in [9.17, 15) is 0 Å². The van der Waals surface area contributed by atoms with Crippen LogP contribution >= 0.6 is 0 Å². The van der Waals surface area contributed by atoms with Crippen molar-refractivity contribution in [2.45, 2.75) is 13.0 Å². The molecule has 0 spiro atoms. The van der Waals surface area contributed by atoms with Gasteiger partial charge < -0.3 is 15.2 Å². The van der Waals surface area contributed by atoms with E-state index in [0.29, 0.717) is 30.6 Å². The fourth-order valence-electron chi connectivity index (χ4n) is 1.53. The summed E-state index contributed by atoms with van der Waals surface area (Å²) in [4.78, 5) is 8.20. The summed E-state index contributed by atoms with van der Waals surface area (Å²) in [6.45, 7) is 2.59. The van der Waals surface area contributed by atoms with Crippen molar-refractivity contribution in [3.8, 4) is 5.88 Å². The molecule has 0 saturated carbocycles. The molecule has 1 aromatic rings. The predicted octanol–water partition coefficient (Wildman–Crippen LogP) is 0.351. The summed E-state index contributed by atoms with van der Waals surface area (Å²) < 4.78 is 10.8. The molecule has 82 valence electrons. The highest BCUT2D eigenvalue weighted by atomic mass is 16.5. The lowest BCUT2D eigenvalue weighted by atomic mass is 10.1. The van der Waals surface area contributed by atoms with Crippen molar-refractivity contribution in [3.63, 3.8) is 0 Å². The number of ether oxygens (including phenoxy) is 2. The van der Waals surface area contributed by atoms with Gasteiger partial charge in [-0.15, -0.1) is 0 Å². The molecule has 5 nitrogen and oxygen atoms in total. The standard InChI is InChI=1S/C10H15N3O2/c11-5-9-10(13-3-2-12-9)15-7-8-1-4-14-6-8/h2-3,8H,1,4-7,11H2. The Labute approximate surface area is 88.6 Å². The van der Waals surface area contributed by atoms with Gasteiger partial charge in [0.1, 0.15) is 5.69 Å². The highest BCUT2D eigenvalue weighted by Crippen LogP contribution is 2.16. The maximum absolute atomic E-state index is 5.58. The fraction of sp³-hybridized carbons (Fsp3) is 0.600. The Kier molecular flexibility index (Phi) is 3.47. The van der Waals surface area contributed by atoms with Crippen LogP contribution in [0, 0.1) is 5.92 Å². The highest BCUT2D eigenvalue weighted by Gasteiger charge is 2.17. The van der Waals surface area contributed by atoms with E-state index in [0.717, 1.165) is 19.6 Å². The van der Waals surface area contributed by atoms with Gasteiger partial charge in [0.15, 0.2) is 0 Å². The predicted molar refractivity (Wildman–Crippen MR) is 54.3 cm³/mol. The normalized spacial score (nSPS) is 20.5. The zero-order valence-corrected chi connectivity index (χ0v) is 8.56. The van der Waals surface area contributed by atoms with Crippen LogP contribution in [0.3, 0.4) is 0 Å². The van der Waals surface area contributed by atoms with Gasteiger partial charge in [0.25, 0.3) is 0 Å². The van der Waals surface area contributed by atoms with Crippen LogP contribution < -0.4 is 10.5 Å². The molecule has 1 atom stereocenters. The molecule has 0 aromatic carbocycles. The molecule has 2 heterocycles. The molecule has 1 aliphatic heterocycles. The maximum atomic E-state index is 5.58. The third-order valence-corrected chi connectivity index (χ3v) is 2.41. The zero-order valence-electron chi connectivity index (χ0n) is 8.56. The minimum atomic E-state index is 0.352. The van der Waals surface area contributed by atoms with E-state index in [-0.39, 0.29) is 0 Å². The molecule has 0 aliphatic carbocycles. The smallest absolute Gasteiger partial charge is 0.236 e. The Morgan fingerprint density at radius 2 is 2.33 bits per heavy atom. The number of rotatable bonds is 4. The molecule has 1 unspecified atom stereocenters. The fourth-order valence-corrected chi connectivity index (χ4v) is 1.53. The minimum Gasteiger partial charge on any atom is -0.476 e. The van der Waals surface area contributed by atoms with Crippen LogP contribution in [0.2, 0.25) is 0 Å². The number of aromatic nitrogens is 2. The van der Waals surface area contributed by atoms with Crippen LogP contribution in [0.15, 0.2) is 12.4 Å². The topological polar surface area (TPSA) is 70.3 Å². The van der Waals surface area contributed by atoms with Crippen LogP contribution in [-0.2, 0) is 11.3 Å². The first-order chi connectivity index (χ1) is 7.40. The van der Waals surface area contributed by atoms with Crippen molar-refractivity contribution in [1.29, 1.82) is 0 Å². The van der Waals surface area contributed by atoms with Crippen molar-refractivity contribution >= 4 is 0 Å². The molecule has 1 aromatic heterocycles. The third-order valence-electron chi connectivity index (χ3n) is 2.41. The van der Waals surface area contributed by atoms with E-state index in [1.807, 2.05) is 0 Å². The van der Waals surface area contributed by atoms with Crippen LogP contribution in [-0.4, -0.2) is 29.8 Å². The molecule has 0 radical (unpaired) electrons. The summed E-state index contributed by atoms with van der Waals surface area (Å²) in [5.41, 5.74) is 6.23. The summed E-state index contributed by atoms with van der Waals surface area (Å²) in [6.07, 6.45) is 4.28. The largest absolute Gasteiger partial charge is 0.476 e. The Morgan fingerprint density at radius 1 is 1.47 bits per heavy atom. The quantitative estimate of drug-likeness (QED) is 0.774. The second-order valence-corrected chi connectivity index (χ2v) is 3.55. The number of hydrogen-bond donors (Lipinski definition) is 1. The van der Waals surface area contributed by atoms with Gasteiger partial charge in [-0.25, -0.2) is 4.98 Å². The van der Waals surface area contributed by atoms with E-state index >= 15 is 0 Å². The van der Waals surface area contributed by atoms with Gasteiger partial charge in [-0.1, -0.05) is 0 Å². The average molecular weight is 209 g/mol. The third kappa shape index (κ3) is 2.64. The van der Waals surface area contributed by atoms with Gasteiger partial charge in [-0.05, 0) is 6.42 Å². The summed E-state index contributed by atoms with van der Waals surface area (Å²) >= 11 is 0. The molecule has 5 heteroatoms. The molecule has 2 N–H and O–H groups in total. The zero-order chi connectivity index (χ0) is 10.5. The second-order valence-electron chi connectivity index (χ2n) is 3.55. The van der Waals surface area contributed by atoms with Gasteiger partial charge in [0.05, 0.1) is 13.2 Å². The monoisotopic (exact) mass is 209 g/mol. The molecular weight excluding hydrogens is 194 g/mol. The lowest BCUT2D eigenvalue weighted by Crippen LogP contribution is -2.14.